The smallest absolute Gasteiger partial charge is 0.000878 e. The normalized spacial score (nSPS) is 29.2. The van der Waals surface area contributed by atoms with Crippen molar-refractivity contribution >= 4 is 0 Å². The average Bonchev–Trinajstić information content (AvgIpc) is 2.73. The van der Waals surface area contributed by atoms with Gasteiger partial charge in [0.15, 0.2) is 0 Å². The fourth-order valence-electron chi connectivity index (χ4n) is 3.94. The van der Waals surface area contributed by atoms with Crippen LogP contribution < -0.4 is 10.6 Å². The van der Waals surface area contributed by atoms with Gasteiger partial charge in [-0.3, -0.25) is 0 Å². The zero-order chi connectivity index (χ0) is 13.4. The molecule has 0 radical (unpaired) electrons. The second kappa shape index (κ2) is 4.79. The standard InChI is InChI=1S/C16H32N2/c1-6-16(7-9-17-10-8-16)12-18-11-13-14(2,3)15(13,4)5/h13,17-18H,6-12H2,1-5H3. The van der Waals surface area contributed by atoms with E-state index >= 15 is 0 Å². The van der Waals surface area contributed by atoms with E-state index < -0.39 is 0 Å². The van der Waals surface area contributed by atoms with Gasteiger partial charge in [-0.1, -0.05) is 34.6 Å². The van der Waals surface area contributed by atoms with Crippen LogP contribution in [0.2, 0.25) is 0 Å². The predicted molar refractivity (Wildman–Crippen MR) is 78.7 cm³/mol. The molecule has 1 saturated carbocycles. The van der Waals surface area contributed by atoms with Crippen LogP contribution in [0.25, 0.3) is 0 Å². The number of hydrogen-bond acceptors (Lipinski definition) is 2. The van der Waals surface area contributed by atoms with Crippen LogP contribution in [0, 0.1) is 22.2 Å². The van der Waals surface area contributed by atoms with Crippen molar-refractivity contribution in [1.82, 2.24) is 10.6 Å². The zero-order valence-electron chi connectivity index (χ0n) is 13.0. The first-order chi connectivity index (χ1) is 8.36. The van der Waals surface area contributed by atoms with Crippen LogP contribution in [0.1, 0.15) is 53.9 Å². The highest BCUT2D eigenvalue weighted by atomic mass is 14.9. The molecule has 2 aliphatic rings. The van der Waals surface area contributed by atoms with Crippen molar-refractivity contribution in [3.05, 3.63) is 0 Å². The van der Waals surface area contributed by atoms with E-state index in [0.717, 1.165) is 5.92 Å². The average molecular weight is 252 g/mol. The monoisotopic (exact) mass is 252 g/mol. The van der Waals surface area contributed by atoms with Crippen LogP contribution in [-0.4, -0.2) is 26.2 Å². The van der Waals surface area contributed by atoms with Gasteiger partial charge in [-0.25, -0.2) is 0 Å². The van der Waals surface area contributed by atoms with Gasteiger partial charge < -0.3 is 10.6 Å². The molecule has 1 heterocycles. The van der Waals surface area contributed by atoms with Crippen molar-refractivity contribution in [3.63, 3.8) is 0 Å². The third-order valence-corrected chi connectivity index (χ3v) is 6.58. The molecule has 106 valence electrons. The molecule has 1 aliphatic carbocycles. The van der Waals surface area contributed by atoms with Crippen molar-refractivity contribution in [2.75, 3.05) is 26.2 Å². The van der Waals surface area contributed by atoms with E-state index in [2.05, 4.69) is 45.3 Å². The molecule has 2 fully saturated rings. The minimum absolute atomic E-state index is 0.521. The number of nitrogens with one attached hydrogen (secondary N) is 2. The van der Waals surface area contributed by atoms with Crippen LogP contribution in [0.15, 0.2) is 0 Å². The topological polar surface area (TPSA) is 24.1 Å². The van der Waals surface area contributed by atoms with Crippen LogP contribution in [0.5, 0.6) is 0 Å². The van der Waals surface area contributed by atoms with Crippen molar-refractivity contribution in [2.45, 2.75) is 53.9 Å². The Labute approximate surface area is 113 Å². The lowest BCUT2D eigenvalue weighted by molar-refractivity contribution is 0.184. The maximum absolute atomic E-state index is 3.79. The predicted octanol–water partition coefficient (Wildman–Crippen LogP) is 3.04. The summed E-state index contributed by atoms with van der Waals surface area (Å²) in [6, 6.07) is 0. The maximum Gasteiger partial charge on any atom is 0.000878 e. The SMILES string of the molecule is CCC1(CNCC2C(C)(C)C2(C)C)CCNCC1. The Morgan fingerprint density at radius 2 is 1.61 bits per heavy atom. The second-order valence-electron chi connectivity index (χ2n) is 7.73. The molecule has 0 aromatic rings. The molecule has 0 bridgehead atoms. The Morgan fingerprint density at radius 3 is 2.06 bits per heavy atom. The third-order valence-electron chi connectivity index (χ3n) is 6.58. The number of rotatable bonds is 5. The first-order valence-corrected chi connectivity index (χ1v) is 7.77. The van der Waals surface area contributed by atoms with E-state index in [0.29, 0.717) is 16.2 Å². The lowest BCUT2D eigenvalue weighted by atomic mass is 9.76. The molecule has 2 rings (SSSR count). The molecule has 0 unspecified atom stereocenters. The van der Waals surface area contributed by atoms with Gasteiger partial charge in [-0.05, 0) is 61.1 Å². The van der Waals surface area contributed by atoms with Gasteiger partial charge in [0.1, 0.15) is 0 Å². The van der Waals surface area contributed by atoms with Crippen LogP contribution in [-0.2, 0) is 0 Å². The maximum atomic E-state index is 3.79. The Balaban J connectivity index is 1.78. The highest BCUT2D eigenvalue weighted by molar-refractivity contribution is 5.12. The summed E-state index contributed by atoms with van der Waals surface area (Å²) in [5, 5.41) is 7.28. The Bertz CT molecular complexity index is 273. The van der Waals surface area contributed by atoms with E-state index in [-0.39, 0.29) is 0 Å². The summed E-state index contributed by atoms with van der Waals surface area (Å²) in [4.78, 5) is 0. The summed E-state index contributed by atoms with van der Waals surface area (Å²) in [5.41, 5.74) is 1.61. The highest BCUT2D eigenvalue weighted by Gasteiger charge is 2.63. The summed E-state index contributed by atoms with van der Waals surface area (Å²) >= 11 is 0. The number of hydrogen-bond donors (Lipinski definition) is 2. The molecule has 1 saturated heterocycles. The van der Waals surface area contributed by atoms with Crippen molar-refractivity contribution in [2.24, 2.45) is 22.2 Å². The van der Waals surface area contributed by atoms with E-state index in [1.165, 1.54) is 45.4 Å². The summed E-state index contributed by atoms with van der Waals surface area (Å²) in [6.45, 7) is 16.9. The molecular weight excluding hydrogens is 220 g/mol. The zero-order valence-corrected chi connectivity index (χ0v) is 13.0. The van der Waals surface area contributed by atoms with Gasteiger partial charge in [-0.15, -0.1) is 0 Å². The highest BCUT2D eigenvalue weighted by Crippen LogP contribution is 2.67. The van der Waals surface area contributed by atoms with E-state index in [1.54, 1.807) is 0 Å². The summed E-state index contributed by atoms with van der Waals surface area (Å²) in [7, 11) is 0. The fourth-order valence-corrected chi connectivity index (χ4v) is 3.94. The minimum atomic E-state index is 0.521. The van der Waals surface area contributed by atoms with Crippen LogP contribution in [0.3, 0.4) is 0 Å². The molecule has 1 aliphatic heterocycles. The van der Waals surface area contributed by atoms with Gasteiger partial charge in [0.05, 0.1) is 0 Å². The fraction of sp³-hybridized carbons (Fsp3) is 1.00. The molecule has 18 heavy (non-hydrogen) atoms. The van der Waals surface area contributed by atoms with Gasteiger partial charge in [0, 0.05) is 6.54 Å². The number of piperidine rings is 1. The molecule has 0 aromatic heterocycles. The molecule has 2 heteroatoms. The summed E-state index contributed by atoms with van der Waals surface area (Å²) < 4.78 is 0. The molecule has 0 aromatic carbocycles. The Morgan fingerprint density at radius 1 is 1.06 bits per heavy atom. The molecule has 2 nitrogen and oxygen atoms in total. The lowest BCUT2D eigenvalue weighted by Crippen LogP contribution is -2.43. The van der Waals surface area contributed by atoms with Gasteiger partial charge in [0.25, 0.3) is 0 Å². The van der Waals surface area contributed by atoms with Gasteiger partial charge in [0.2, 0.25) is 0 Å². The summed E-state index contributed by atoms with van der Waals surface area (Å²) in [6.07, 6.45) is 4.00. The third kappa shape index (κ3) is 2.34. The Kier molecular flexibility index (Phi) is 3.81. The quantitative estimate of drug-likeness (QED) is 0.786. The van der Waals surface area contributed by atoms with Crippen molar-refractivity contribution < 1.29 is 0 Å². The van der Waals surface area contributed by atoms with Crippen molar-refractivity contribution in [3.8, 4) is 0 Å². The molecule has 0 atom stereocenters. The minimum Gasteiger partial charge on any atom is -0.317 e. The first kappa shape index (κ1) is 14.3. The van der Waals surface area contributed by atoms with Gasteiger partial charge in [-0.2, -0.15) is 0 Å². The first-order valence-electron chi connectivity index (χ1n) is 7.77. The molecule has 0 amide bonds. The Hall–Kier alpha value is -0.0800. The molecular formula is C16H32N2. The lowest BCUT2D eigenvalue weighted by Gasteiger charge is -2.37. The molecule has 0 spiro atoms. The second-order valence-corrected chi connectivity index (χ2v) is 7.73. The van der Waals surface area contributed by atoms with Crippen LogP contribution >= 0.6 is 0 Å². The van der Waals surface area contributed by atoms with E-state index in [1.807, 2.05) is 0 Å². The van der Waals surface area contributed by atoms with E-state index in [9.17, 15) is 0 Å². The largest absolute Gasteiger partial charge is 0.317 e. The summed E-state index contributed by atoms with van der Waals surface area (Å²) in [5.74, 6) is 0.848. The van der Waals surface area contributed by atoms with Gasteiger partial charge >= 0.3 is 0 Å². The molecule has 2 N–H and O–H groups in total. The van der Waals surface area contributed by atoms with Crippen molar-refractivity contribution in [1.29, 1.82) is 0 Å². The van der Waals surface area contributed by atoms with Crippen LogP contribution in [0.4, 0.5) is 0 Å². The van der Waals surface area contributed by atoms with E-state index in [4.69, 9.17) is 0 Å².